The number of benzene rings is 1. The summed E-state index contributed by atoms with van der Waals surface area (Å²) >= 11 is 0. The Morgan fingerprint density at radius 1 is 1.38 bits per heavy atom. The molecule has 0 saturated heterocycles. The number of aromatic nitrogens is 3. The van der Waals surface area contributed by atoms with E-state index in [4.69, 9.17) is 9.47 Å². The number of nitrogens with zero attached hydrogens (tertiary/aromatic N) is 3. The number of nitrogens with one attached hydrogen (secondary N) is 1. The first-order valence-electron chi connectivity index (χ1n) is 9.15. The van der Waals surface area contributed by atoms with Gasteiger partial charge < -0.3 is 14.8 Å². The first-order chi connectivity index (χ1) is 12.7. The number of hydrogen-bond acceptors (Lipinski definition) is 5. The fourth-order valence-electron chi connectivity index (χ4n) is 3.12. The maximum atomic E-state index is 12.4. The highest BCUT2D eigenvalue weighted by Gasteiger charge is 2.25. The number of ether oxygens (including phenoxy) is 2. The van der Waals surface area contributed by atoms with Gasteiger partial charge in [-0.1, -0.05) is 13.0 Å². The molecule has 1 amide bonds. The second-order valence-corrected chi connectivity index (χ2v) is 6.47. The topological polar surface area (TPSA) is 78.3 Å². The summed E-state index contributed by atoms with van der Waals surface area (Å²) in [5.74, 6) is 2.50. The van der Waals surface area contributed by atoms with E-state index < -0.39 is 0 Å². The largest absolute Gasteiger partial charge is 0.493 e. The molecule has 0 fully saturated rings. The molecule has 3 rings (SSSR count). The van der Waals surface area contributed by atoms with Gasteiger partial charge in [-0.25, -0.2) is 9.67 Å². The van der Waals surface area contributed by atoms with Crippen molar-refractivity contribution in [2.24, 2.45) is 5.92 Å². The third-order valence-electron chi connectivity index (χ3n) is 4.58. The molecule has 7 nitrogen and oxygen atoms in total. The summed E-state index contributed by atoms with van der Waals surface area (Å²) in [5.41, 5.74) is 1.10. The summed E-state index contributed by atoms with van der Waals surface area (Å²) in [6.45, 7) is 3.94. The van der Waals surface area contributed by atoms with Gasteiger partial charge in [0, 0.05) is 13.0 Å². The van der Waals surface area contributed by atoms with Gasteiger partial charge in [-0.05, 0) is 37.0 Å². The number of aryl methyl sites for hydroxylation is 1. The van der Waals surface area contributed by atoms with E-state index in [-0.39, 0.29) is 11.8 Å². The zero-order valence-corrected chi connectivity index (χ0v) is 15.4. The van der Waals surface area contributed by atoms with Crippen LogP contribution in [0.2, 0.25) is 0 Å². The van der Waals surface area contributed by atoms with E-state index in [1.807, 2.05) is 22.9 Å². The van der Waals surface area contributed by atoms with Crippen LogP contribution in [-0.4, -0.2) is 40.9 Å². The predicted octanol–water partition coefficient (Wildman–Crippen LogP) is 2.00. The van der Waals surface area contributed by atoms with Crippen molar-refractivity contribution in [1.29, 1.82) is 0 Å². The minimum absolute atomic E-state index is 0.0384. The average Bonchev–Trinajstić information content (AvgIpc) is 3.14. The highest BCUT2D eigenvalue weighted by molar-refractivity contribution is 5.78. The highest BCUT2D eigenvalue weighted by atomic mass is 16.5. The molecule has 0 spiro atoms. The van der Waals surface area contributed by atoms with Crippen LogP contribution in [0.15, 0.2) is 24.5 Å². The lowest BCUT2D eigenvalue weighted by atomic mass is 9.99. The van der Waals surface area contributed by atoms with Gasteiger partial charge in [0.1, 0.15) is 12.2 Å². The Bertz CT molecular complexity index is 744. The first-order valence-corrected chi connectivity index (χ1v) is 9.15. The van der Waals surface area contributed by atoms with E-state index >= 15 is 0 Å². The van der Waals surface area contributed by atoms with E-state index in [0.717, 1.165) is 48.6 Å². The van der Waals surface area contributed by atoms with Gasteiger partial charge in [-0.3, -0.25) is 4.79 Å². The Kier molecular flexibility index (Phi) is 6.09. The molecule has 1 aliphatic rings. The van der Waals surface area contributed by atoms with Crippen molar-refractivity contribution in [2.45, 2.75) is 39.2 Å². The van der Waals surface area contributed by atoms with E-state index in [1.54, 1.807) is 13.4 Å². The Labute approximate surface area is 153 Å². The van der Waals surface area contributed by atoms with E-state index in [9.17, 15) is 4.79 Å². The predicted molar refractivity (Wildman–Crippen MR) is 97.3 cm³/mol. The lowest BCUT2D eigenvalue weighted by Crippen LogP contribution is -2.37. The number of amides is 1. The van der Waals surface area contributed by atoms with Gasteiger partial charge in [-0.2, -0.15) is 5.10 Å². The van der Waals surface area contributed by atoms with Crippen molar-refractivity contribution in [1.82, 2.24) is 20.1 Å². The minimum atomic E-state index is -0.0384. The second-order valence-electron chi connectivity index (χ2n) is 6.47. The van der Waals surface area contributed by atoms with Crippen LogP contribution >= 0.6 is 0 Å². The van der Waals surface area contributed by atoms with Gasteiger partial charge in [0.2, 0.25) is 5.91 Å². The van der Waals surface area contributed by atoms with Crippen LogP contribution in [0.25, 0.3) is 0 Å². The number of carbonyl (C=O) groups is 1. The molecule has 140 valence electrons. The summed E-state index contributed by atoms with van der Waals surface area (Å²) in [7, 11) is 1.64. The maximum Gasteiger partial charge on any atom is 0.225 e. The molecule has 2 aromatic rings. The molecule has 0 bridgehead atoms. The third kappa shape index (κ3) is 4.33. The number of hydrogen-bond donors (Lipinski definition) is 1. The second kappa shape index (κ2) is 8.69. The summed E-state index contributed by atoms with van der Waals surface area (Å²) in [6.07, 6.45) is 4.87. The molecular weight excluding hydrogens is 332 g/mol. The van der Waals surface area contributed by atoms with Crippen LogP contribution in [0, 0.1) is 5.92 Å². The highest BCUT2D eigenvalue weighted by Crippen LogP contribution is 2.28. The summed E-state index contributed by atoms with van der Waals surface area (Å²) in [4.78, 5) is 16.6. The van der Waals surface area contributed by atoms with Crippen molar-refractivity contribution >= 4 is 5.91 Å². The summed E-state index contributed by atoms with van der Waals surface area (Å²) < 4.78 is 12.9. The zero-order valence-electron chi connectivity index (χ0n) is 15.4. The van der Waals surface area contributed by atoms with Crippen LogP contribution in [0.3, 0.4) is 0 Å². The standard InChI is InChI=1S/C19H26N4O3/c1-3-10-26-16-6-4-14(11-17(16)25-2)8-9-20-19(24)15-5-7-18-21-13-22-23(18)12-15/h4,6,11,13,15H,3,5,7-10,12H2,1-2H3,(H,20,24). The number of fused-ring (bicyclic) bond motifs is 1. The average molecular weight is 358 g/mol. The third-order valence-corrected chi connectivity index (χ3v) is 4.58. The summed E-state index contributed by atoms with van der Waals surface area (Å²) in [6, 6.07) is 5.92. The molecule has 1 atom stereocenters. The molecule has 0 saturated carbocycles. The molecule has 0 aliphatic carbocycles. The zero-order chi connectivity index (χ0) is 18.4. The molecule has 1 unspecified atom stereocenters. The number of rotatable bonds is 8. The molecule has 2 heterocycles. The van der Waals surface area contributed by atoms with E-state index in [2.05, 4.69) is 22.3 Å². The molecular formula is C19H26N4O3. The van der Waals surface area contributed by atoms with Crippen LogP contribution in [-0.2, 0) is 24.2 Å². The SMILES string of the molecule is CCCOc1ccc(CCNC(=O)C2CCc3ncnn3C2)cc1OC. The molecule has 1 aromatic heterocycles. The molecule has 1 aromatic carbocycles. The van der Waals surface area contributed by atoms with E-state index in [0.29, 0.717) is 19.7 Å². The van der Waals surface area contributed by atoms with Crippen molar-refractivity contribution in [3.63, 3.8) is 0 Å². The maximum absolute atomic E-state index is 12.4. The fourth-order valence-corrected chi connectivity index (χ4v) is 3.12. The van der Waals surface area contributed by atoms with Crippen LogP contribution in [0.1, 0.15) is 31.2 Å². The first kappa shape index (κ1) is 18.2. The van der Waals surface area contributed by atoms with Crippen molar-refractivity contribution in [2.75, 3.05) is 20.3 Å². The number of carbonyl (C=O) groups excluding carboxylic acids is 1. The van der Waals surface area contributed by atoms with E-state index in [1.165, 1.54) is 0 Å². The van der Waals surface area contributed by atoms with Gasteiger partial charge >= 0.3 is 0 Å². The van der Waals surface area contributed by atoms with Crippen molar-refractivity contribution in [3.8, 4) is 11.5 Å². The molecule has 26 heavy (non-hydrogen) atoms. The Hall–Kier alpha value is -2.57. The van der Waals surface area contributed by atoms with Crippen LogP contribution < -0.4 is 14.8 Å². The lowest BCUT2D eigenvalue weighted by Gasteiger charge is -2.21. The lowest BCUT2D eigenvalue weighted by molar-refractivity contribution is -0.126. The normalized spacial score (nSPS) is 16.0. The fraction of sp³-hybridized carbons (Fsp3) is 0.526. The van der Waals surface area contributed by atoms with Gasteiger partial charge in [-0.15, -0.1) is 0 Å². The van der Waals surface area contributed by atoms with Crippen LogP contribution in [0.4, 0.5) is 0 Å². The molecule has 1 aliphatic heterocycles. The minimum Gasteiger partial charge on any atom is -0.493 e. The Morgan fingerprint density at radius 3 is 3.08 bits per heavy atom. The monoisotopic (exact) mass is 358 g/mol. The van der Waals surface area contributed by atoms with Crippen LogP contribution in [0.5, 0.6) is 11.5 Å². The molecule has 1 N–H and O–H groups in total. The van der Waals surface area contributed by atoms with Gasteiger partial charge in [0.15, 0.2) is 11.5 Å². The smallest absolute Gasteiger partial charge is 0.225 e. The molecule has 7 heteroatoms. The Balaban J connectivity index is 1.49. The van der Waals surface area contributed by atoms with Crippen molar-refractivity contribution < 1.29 is 14.3 Å². The van der Waals surface area contributed by atoms with Gasteiger partial charge in [0.05, 0.1) is 26.2 Å². The number of methoxy groups -OCH3 is 1. The Morgan fingerprint density at radius 2 is 2.27 bits per heavy atom. The summed E-state index contributed by atoms with van der Waals surface area (Å²) in [5, 5.41) is 7.20. The molecule has 0 radical (unpaired) electrons. The van der Waals surface area contributed by atoms with Gasteiger partial charge in [0.25, 0.3) is 0 Å². The quantitative estimate of drug-likeness (QED) is 0.781. The van der Waals surface area contributed by atoms with Crippen molar-refractivity contribution in [3.05, 3.63) is 35.9 Å².